The quantitative estimate of drug-likeness (QED) is 0.394. The standard InChI is InChI=1S/C6H10N2O3/c1-3-4(9)8-6(2,11)5(10)7-3/h3,11H,1-2H3,(H,7,10)(H,8,9). The van der Waals surface area contributed by atoms with Crippen LogP contribution in [0.25, 0.3) is 0 Å². The Morgan fingerprint density at radius 1 is 1.55 bits per heavy atom. The van der Waals surface area contributed by atoms with Gasteiger partial charge in [-0.2, -0.15) is 0 Å². The number of carbonyl (C=O) groups is 2. The molecular weight excluding hydrogens is 148 g/mol. The van der Waals surface area contributed by atoms with Gasteiger partial charge in [0.1, 0.15) is 6.04 Å². The average Bonchev–Trinajstić information content (AvgIpc) is 1.83. The topological polar surface area (TPSA) is 78.4 Å². The van der Waals surface area contributed by atoms with Crippen LogP contribution in [-0.4, -0.2) is 28.7 Å². The lowest BCUT2D eigenvalue weighted by Crippen LogP contribution is -2.67. The molecule has 0 aromatic heterocycles. The molecule has 0 spiro atoms. The van der Waals surface area contributed by atoms with Crippen LogP contribution >= 0.6 is 0 Å². The molecule has 1 rings (SSSR count). The van der Waals surface area contributed by atoms with Crippen LogP contribution < -0.4 is 10.6 Å². The minimum absolute atomic E-state index is 0.380. The molecule has 1 aliphatic heterocycles. The maximum atomic E-state index is 10.9. The van der Waals surface area contributed by atoms with Gasteiger partial charge in [-0.1, -0.05) is 0 Å². The summed E-state index contributed by atoms with van der Waals surface area (Å²) in [4.78, 5) is 21.8. The lowest BCUT2D eigenvalue weighted by molar-refractivity contribution is -0.154. The molecule has 3 N–H and O–H groups in total. The van der Waals surface area contributed by atoms with Crippen LogP contribution in [0, 0.1) is 0 Å². The predicted octanol–water partition coefficient (Wildman–Crippen LogP) is -1.67. The summed E-state index contributed by atoms with van der Waals surface area (Å²) in [5, 5.41) is 13.7. The number of carbonyl (C=O) groups excluding carboxylic acids is 2. The van der Waals surface area contributed by atoms with E-state index >= 15 is 0 Å². The van der Waals surface area contributed by atoms with Gasteiger partial charge in [0.2, 0.25) is 11.6 Å². The maximum absolute atomic E-state index is 10.9. The molecule has 62 valence electrons. The first-order valence-electron chi connectivity index (χ1n) is 3.29. The van der Waals surface area contributed by atoms with Crippen LogP contribution in [0.1, 0.15) is 13.8 Å². The van der Waals surface area contributed by atoms with Gasteiger partial charge in [-0.05, 0) is 13.8 Å². The first kappa shape index (κ1) is 8.00. The average molecular weight is 158 g/mol. The summed E-state index contributed by atoms with van der Waals surface area (Å²) >= 11 is 0. The van der Waals surface area contributed by atoms with Crippen molar-refractivity contribution in [3.05, 3.63) is 0 Å². The third kappa shape index (κ3) is 1.32. The van der Waals surface area contributed by atoms with Gasteiger partial charge in [-0.15, -0.1) is 0 Å². The molecule has 5 heteroatoms. The fourth-order valence-corrected chi connectivity index (χ4v) is 0.808. The first-order valence-corrected chi connectivity index (χ1v) is 3.29. The second-order valence-corrected chi connectivity index (χ2v) is 2.76. The Balaban J connectivity index is 2.79. The number of amides is 2. The zero-order valence-corrected chi connectivity index (χ0v) is 6.34. The van der Waals surface area contributed by atoms with Crippen LogP contribution in [0.2, 0.25) is 0 Å². The smallest absolute Gasteiger partial charge is 0.273 e. The van der Waals surface area contributed by atoms with Crippen molar-refractivity contribution < 1.29 is 14.7 Å². The molecule has 2 atom stereocenters. The van der Waals surface area contributed by atoms with Crippen molar-refractivity contribution in [3.8, 4) is 0 Å². The van der Waals surface area contributed by atoms with Gasteiger partial charge in [0.25, 0.3) is 5.91 Å². The van der Waals surface area contributed by atoms with Gasteiger partial charge >= 0.3 is 0 Å². The molecule has 0 aromatic rings. The fraction of sp³-hybridized carbons (Fsp3) is 0.667. The van der Waals surface area contributed by atoms with Crippen LogP contribution in [0.15, 0.2) is 0 Å². The second-order valence-electron chi connectivity index (χ2n) is 2.76. The van der Waals surface area contributed by atoms with Gasteiger partial charge in [-0.25, -0.2) is 0 Å². The van der Waals surface area contributed by atoms with Crippen LogP contribution in [-0.2, 0) is 9.59 Å². The Labute approximate surface area is 63.8 Å². The zero-order chi connectivity index (χ0) is 8.65. The minimum Gasteiger partial charge on any atom is -0.363 e. The summed E-state index contributed by atoms with van der Waals surface area (Å²) in [5.41, 5.74) is -1.76. The van der Waals surface area contributed by atoms with Gasteiger partial charge in [0.15, 0.2) is 0 Å². The van der Waals surface area contributed by atoms with E-state index in [9.17, 15) is 14.7 Å². The lowest BCUT2D eigenvalue weighted by Gasteiger charge is -2.31. The van der Waals surface area contributed by atoms with Crippen molar-refractivity contribution >= 4 is 11.8 Å². The van der Waals surface area contributed by atoms with Crippen molar-refractivity contribution in [1.29, 1.82) is 0 Å². The number of hydrogen-bond acceptors (Lipinski definition) is 3. The van der Waals surface area contributed by atoms with Crippen LogP contribution in [0.3, 0.4) is 0 Å². The molecule has 0 aliphatic carbocycles. The highest BCUT2D eigenvalue weighted by molar-refractivity contribution is 5.98. The molecule has 1 saturated heterocycles. The van der Waals surface area contributed by atoms with Gasteiger partial charge in [-0.3, -0.25) is 9.59 Å². The third-order valence-electron chi connectivity index (χ3n) is 1.55. The van der Waals surface area contributed by atoms with E-state index in [1.165, 1.54) is 6.92 Å². The largest absolute Gasteiger partial charge is 0.363 e. The summed E-state index contributed by atoms with van der Waals surface area (Å²) in [6.45, 7) is 2.77. The molecule has 1 aliphatic rings. The summed E-state index contributed by atoms with van der Waals surface area (Å²) < 4.78 is 0. The summed E-state index contributed by atoms with van der Waals surface area (Å²) in [6, 6.07) is -0.567. The van der Waals surface area contributed by atoms with E-state index in [0.29, 0.717) is 0 Å². The number of hydrogen-bond donors (Lipinski definition) is 3. The number of rotatable bonds is 0. The molecule has 2 amide bonds. The highest BCUT2D eigenvalue weighted by atomic mass is 16.3. The van der Waals surface area contributed by atoms with E-state index in [1.54, 1.807) is 6.92 Å². The Bertz CT molecular complexity index is 212. The molecule has 1 fully saturated rings. The number of nitrogens with one attached hydrogen (secondary N) is 2. The molecular formula is C6H10N2O3. The monoisotopic (exact) mass is 158 g/mol. The van der Waals surface area contributed by atoms with E-state index in [2.05, 4.69) is 10.6 Å². The van der Waals surface area contributed by atoms with E-state index in [0.717, 1.165) is 0 Å². The zero-order valence-electron chi connectivity index (χ0n) is 6.34. The van der Waals surface area contributed by atoms with E-state index in [-0.39, 0.29) is 5.91 Å². The normalized spacial score (nSPS) is 37.9. The molecule has 0 bridgehead atoms. The van der Waals surface area contributed by atoms with Gasteiger partial charge < -0.3 is 15.7 Å². The maximum Gasteiger partial charge on any atom is 0.273 e. The molecule has 0 aromatic carbocycles. The highest BCUT2D eigenvalue weighted by Crippen LogP contribution is 2.04. The van der Waals surface area contributed by atoms with Crippen molar-refractivity contribution in [1.82, 2.24) is 10.6 Å². The van der Waals surface area contributed by atoms with E-state index in [1.807, 2.05) is 0 Å². The predicted molar refractivity (Wildman–Crippen MR) is 36.4 cm³/mol. The Morgan fingerprint density at radius 3 is 2.55 bits per heavy atom. The molecule has 5 nitrogen and oxygen atoms in total. The SMILES string of the molecule is CC1NC(=O)C(C)(O)NC1=O. The number of aliphatic hydroxyl groups is 1. The summed E-state index contributed by atoms with van der Waals surface area (Å²) in [6.07, 6.45) is 0. The fourth-order valence-electron chi connectivity index (χ4n) is 0.808. The van der Waals surface area contributed by atoms with Crippen molar-refractivity contribution in [3.63, 3.8) is 0 Å². The molecule has 11 heavy (non-hydrogen) atoms. The molecule has 0 radical (unpaired) electrons. The molecule has 0 saturated carbocycles. The Kier molecular flexibility index (Phi) is 1.60. The van der Waals surface area contributed by atoms with Crippen LogP contribution in [0.5, 0.6) is 0 Å². The highest BCUT2D eigenvalue weighted by Gasteiger charge is 2.39. The second kappa shape index (κ2) is 2.20. The first-order chi connectivity index (χ1) is 4.93. The third-order valence-corrected chi connectivity index (χ3v) is 1.55. The summed E-state index contributed by atoms with van der Waals surface area (Å²) in [7, 11) is 0. The minimum atomic E-state index is -1.76. The Morgan fingerprint density at radius 2 is 2.09 bits per heavy atom. The van der Waals surface area contributed by atoms with Crippen molar-refractivity contribution in [2.45, 2.75) is 25.6 Å². The van der Waals surface area contributed by atoms with E-state index < -0.39 is 17.7 Å². The number of piperazine rings is 1. The van der Waals surface area contributed by atoms with Crippen molar-refractivity contribution in [2.24, 2.45) is 0 Å². The van der Waals surface area contributed by atoms with Gasteiger partial charge in [0.05, 0.1) is 0 Å². The van der Waals surface area contributed by atoms with Crippen molar-refractivity contribution in [2.75, 3.05) is 0 Å². The molecule has 1 heterocycles. The van der Waals surface area contributed by atoms with Gasteiger partial charge in [0, 0.05) is 0 Å². The lowest BCUT2D eigenvalue weighted by atomic mass is 10.1. The van der Waals surface area contributed by atoms with E-state index in [4.69, 9.17) is 0 Å². The molecule has 2 unspecified atom stereocenters. The Hall–Kier alpha value is -1.10. The van der Waals surface area contributed by atoms with Crippen LogP contribution in [0.4, 0.5) is 0 Å². The summed E-state index contributed by atoms with van der Waals surface area (Å²) in [5.74, 6) is -0.959.